The Balaban J connectivity index is 2.59. The maximum Gasteiger partial charge on any atom is 0.306 e. The second-order valence-electron chi connectivity index (χ2n) is 22.8. The first-order valence-corrected chi connectivity index (χ1v) is 33.2. The SMILES string of the molecule is CCCCC/C=C\C/C=C\C/C=C\CCCCCCCCCCCCCCCC(O)C(=O)NC(COC1OC(CO)C(O)C(O)C1OC(=O)CC/C=C/C/C=C\CCCCCCCC)C(O)/C=C/CCCCCCCCCCCC. The number of hydrogen-bond donors (Lipinski definition) is 6. The van der Waals surface area contributed by atoms with Crippen LogP contribution in [0.3, 0.4) is 0 Å². The first kappa shape index (κ1) is 75.1. The summed E-state index contributed by atoms with van der Waals surface area (Å²) in [7, 11) is 0. The van der Waals surface area contributed by atoms with E-state index in [1.807, 2.05) is 18.2 Å². The number of ether oxygens (including phenoxy) is 3. The molecule has 0 spiro atoms. The molecule has 1 rings (SSSR count). The van der Waals surface area contributed by atoms with Crippen LogP contribution in [-0.2, 0) is 23.8 Å². The van der Waals surface area contributed by atoms with Crippen LogP contribution in [-0.4, -0.2) is 99.6 Å². The van der Waals surface area contributed by atoms with Gasteiger partial charge in [0.25, 0.3) is 0 Å². The lowest BCUT2D eigenvalue weighted by atomic mass is 9.99. The normalized spacial score (nSPS) is 19.2. The van der Waals surface area contributed by atoms with Gasteiger partial charge in [-0.2, -0.15) is 0 Å². The zero-order chi connectivity index (χ0) is 58.2. The maximum absolute atomic E-state index is 13.5. The summed E-state index contributed by atoms with van der Waals surface area (Å²) in [5, 5.41) is 57.0. The number of rotatable bonds is 56. The fourth-order valence-electron chi connectivity index (χ4n) is 10.1. The lowest BCUT2D eigenvalue weighted by Crippen LogP contribution is -2.61. The Labute approximate surface area is 490 Å². The van der Waals surface area contributed by atoms with Crippen LogP contribution < -0.4 is 5.32 Å². The zero-order valence-electron chi connectivity index (χ0n) is 51.4. The highest BCUT2D eigenvalue weighted by Crippen LogP contribution is 2.26. The van der Waals surface area contributed by atoms with Gasteiger partial charge in [0.05, 0.1) is 25.4 Å². The van der Waals surface area contributed by atoms with E-state index in [1.165, 1.54) is 180 Å². The van der Waals surface area contributed by atoms with Crippen LogP contribution in [0.4, 0.5) is 0 Å². The van der Waals surface area contributed by atoms with Gasteiger partial charge in [-0.25, -0.2) is 0 Å². The largest absolute Gasteiger partial charge is 0.454 e. The summed E-state index contributed by atoms with van der Waals surface area (Å²) < 4.78 is 17.5. The number of carbonyl (C=O) groups is 2. The quantitative estimate of drug-likeness (QED) is 0.0195. The number of nitrogens with one attached hydrogen (secondary N) is 1. The summed E-state index contributed by atoms with van der Waals surface area (Å²) in [6.45, 7) is 5.73. The van der Waals surface area contributed by atoms with Gasteiger partial charge in [0.1, 0.15) is 24.4 Å². The summed E-state index contributed by atoms with van der Waals surface area (Å²) in [5.74, 6) is -1.26. The van der Waals surface area contributed by atoms with E-state index < -0.39 is 67.4 Å². The average Bonchev–Trinajstić information content (AvgIpc) is 3.51. The molecule has 0 aromatic rings. The average molecular weight is 1130 g/mol. The minimum Gasteiger partial charge on any atom is -0.454 e. The summed E-state index contributed by atoms with van der Waals surface area (Å²) >= 11 is 0. The van der Waals surface area contributed by atoms with Crippen LogP contribution >= 0.6 is 0 Å². The van der Waals surface area contributed by atoms with Crippen molar-refractivity contribution in [1.82, 2.24) is 5.32 Å². The molecular weight excluding hydrogens is 1000 g/mol. The van der Waals surface area contributed by atoms with Gasteiger partial charge in [-0.3, -0.25) is 9.59 Å². The number of aliphatic hydroxyl groups is 5. The minimum atomic E-state index is -1.64. The maximum atomic E-state index is 13.5. The Hall–Kier alpha value is -2.90. The van der Waals surface area contributed by atoms with Crippen molar-refractivity contribution >= 4 is 11.9 Å². The Morgan fingerprint density at radius 1 is 0.487 bits per heavy atom. The topological polar surface area (TPSA) is 175 Å². The molecule has 0 saturated carbocycles. The molecule has 80 heavy (non-hydrogen) atoms. The number of aliphatic hydroxyl groups excluding tert-OH is 5. The van der Waals surface area contributed by atoms with Gasteiger partial charge < -0.3 is 45.1 Å². The third kappa shape index (κ3) is 43.7. The van der Waals surface area contributed by atoms with E-state index in [0.717, 1.165) is 64.2 Å². The number of hydrogen-bond acceptors (Lipinski definition) is 10. The first-order chi connectivity index (χ1) is 39.2. The number of unbranched alkanes of at least 4 members (excludes halogenated alkanes) is 32. The van der Waals surface area contributed by atoms with Gasteiger partial charge in [0.15, 0.2) is 12.4 Å². The van der Waals surface area contributed by atoms with Crippen LogP contribution in [0.2, 0.25) is 0 Å². The monoisotopic (exact) mass is 1130 g/mol. The van der Waals surface area contributed by atoms with Gasteiger partial charge in [-0.15, -0.1) is 0 Å². The molecule has 0 aliphatic carbocycles. The van der Waals surface area contributed by atoms with Crippen molar-refractivity contribution in [2.24, 2.45) is 0 Å². The lowest BCUT2D eigenvalue weighted by molar-refractivity contribution is -0.305. The summed E-state index contributed by atoms with van der Waals surface area (Å²) in [6, 6.07) is -1.04. The molecule has 1 aliphatic heterocycles. The third-order valence-electron chi connectivity index (χ3n) is 15.3. The summed E-state index contributed by atoms with van der Waals surface area (Å²) in [6.07, 6.45) is 62.5. The third-order valence-corrected chi connectivity index (χ3v) is 15.3. The summed E-state index contributed by atoms with van der Waals surface area (Å²) in [5.41, 5.74) is 0. The van der Waals surface area contributed by atoms with Crippen LogP contribution in [0.15, 0.2) is 72.9 Å². The van der Waals surface area contributed by atoms with Gasteiger partial charge in [-0.05, 0) is 83.5 Å². The zero-order valence-corrected chi connectivity index (χ0v) is 51.4. The van der Waals surface area contributed by atoms with Crippen LogP contribution in [0.1, 0.15) is 290 Å². The Morgan fingerprint density at radius 3 is 1.31 bits per heavy atom. The molecule has 1 fully saturated rings. The van der Waals surface area contributed by atoms with E-state index in [4.69, 9.17) is 14.2 Å². The molecule has 464 valence electrons. The Kier molecular flexibility index (Phi) is 53.1. The molecule has 0 aromatic heterocycles. The highest BCUT2D eigenvalue weighted by atomic mass is 16.7. The fourth-order valence-corrected chi connectivity index (χ4v) is 10.1. The van der Waals surface area contributed by atoms with E-state index in [0.29, 0.717) is 12.8 Å². The molecule has 8 atom stereocenters. The number of esters is 1. The minimum absolute atomic E-state index is 0.0168. The second kappa shape index (κ2) is 56.6. The Bertz CT molecular complexity index is 1580. The second-order valence-corrected chi connectivity index (χ2v) is 22.8. The number of amides is 1. The molecule has 0 radical (unpaired) electrons. The molecule has 0 bridgehead atoms. The van der Waals surface area contributed by atoms with Crippen molar-refractivity contribution < 1.29 is 49.3 Å². The van der Waals surface area contributed by atoms with Gasteiger partial charge >= 0.3 is 5.97 Å². The van der Waals surface area contributed by atoms with Crippen LogP contribution in [0.25, 0.3) is 0 Å². The highest BCUT2D eigenvalue weighted by molar-refractivity contribution is 5.80. The molecule has 0 aromatic carbocycles. The van der Waals surface area contributed by atoms with Crippen molar-refractivity contribution in [2.75, 3.05) is 13.2 Å². The van der Waals surface area contributed by atoms with E-state index in [1.54, 1.807) is 6.08 Å². The highest BCUT2D eigenvalue weighted by Gasteiger charge is 2.47. The number of allylic oxidation sites excluding steroid dienone is 11. The van der Waals surface area contributed by atoms with Crippen molar-refractivity contribution in [1.29, 1.82) is 0 Å². The molecular formula is C69H123NO10. The molecule has 1 amide bonds. The van der Waals surface area contributed by atoms with E-state index in [-0.39, 0.29) is 19.4 Å². The Morgan fingerprint density at radius 2 is 0.863 bits per heavy atom. The fraction of sp³-hybridized carbons (Fsp3) is 0.797. The molecule has 8 unspecified atom stereocenters. The van der Waals surface area contributed by atoms with E-state index in [9.17, 15) is 35.1 Å². The van der Waals surface area contributed by atoms with Gasteiger partial charge in [0, 0.05) is 6.42 Å². The lowest BCUT2D eigenvalue weighted by Gasteiger charge is -2.41. The van der Waals surface area contributed by atoms with Crippen LogP contribution in [0.5, 0.6) is 0 Å². The number of carbonyl (C=O) groups excluding carboxylic acids is 2. The smallest absolute Gasteiger partial charge is 0.306 e. The van der Waals surface area contributed by atoms with Crippen molar-refractivity contribution in [3.05, 3.63) is 72.9 Å². The first-order valence-electron chi connectivity index (χ1n) is 33.2. The van der Waals surface area contributed by atoms with Crippen molar-refractivity contribution in [2.45, 2.75) is 339 Å². The predicted molar refractivity (Wildman–Crippen MR) is 333 cm³/mol. The summed E-state index contributed by atoms with van der Waals surface area (Å²) in [4.78, 5) is 26.5. The van der Waals surface area contributed by atoms with E-state index in [2.05, 4.69) is 74.7 Å². The van der Waals surface area contributed by atoms with E-state index >= 15 is 0 Å². The molecule has 1 saturated heterocycles. The molecule has 1 aliphatic rings. The predicted octanol–water partition coefficient (Wildman–Crippen LogP) is 16.3. The standard InChI is InChI=1S/C69H123NO10/c1-4-7-10-13-16-19-22-25-26-27-28-29-30-31-32-33-34-35-36-37-39-41-44-47-50-53-56-62(73)68(77)70-60(61(72)55-52-49-46-43-40-24-21-18-15-12-9-6-3)59-78-69-67(66(76)65(75)63(58-71)79-69)80-64(74)57-54-51-48-45-42-38-23-20-17-14-11-8-5-2/h16,19,25-26,28-29,38,42,48,51-52,55,60-63,65-67,69,71-73,75-76H,4-15,17-18,20-24,27,30-37,39-41,43-47,49-50,53-54,56-59H2,1-3H3,(H,70,77)/b19-16-,26-25-,29-28-,42-38-,51-48+,55-52+. The van der Waals surface area contributed by atoms with Crippen LogP contribution in [0, 0.1) is 0 Å². The molecule has 1 heterocycles. The molecule has 11 heteroatoms. The van der Waals surface area contributed by atoms with Crippen molar-refractivity contribution in [3.63, 3.8) is 0 Å². The van der Waals surface area contributed by atoms with Crippen molar-refractivity contribution in [3.8, 4) is 0 Å². The van der Waals surface area contributed by atoms with Gasteiger partial charge in [-0.1, -0.05) is 273 Å². The van der Waals surface area contributed by atoms with Gasteiger partial charge in [0.2, 0.25) is 5.91 Å². The molecule has 11 nitrogen and oxygen atoms in total. The molecule has 6 N–H and O–H groups in total.